The molecular formula is C36H61O10P. The van der Waals surface area contributed by atoms with E-state index in [9.17, 15) is 29.3 Å². The van der Waals surface area contributed by atoms with Gasteiger partial charge >= 0.3 is 19.8 Å². The molecule has 0 bridgehead atoms. The summed E-state index contributed by atoms with van der Waals surface area (Å²) in [5, 5.41) is 19.0. The van der Waals surface area contributed by atoms with Gasteiger partial charge in [-0.1, -0.05) is 107 Å². The van der Waals surface area contributed by atoms with Gasteiger partial charge in [0.15, 0.2) is 0 Å². The predicted octanol–water partition coefficient (Wildman–Crippen LogP) is 7.99. The molecule has 0 aromatic heterocycles. The van der Waals surface area contributed by atoms with Gasteiger partial charge in [-0.15, -0.1) is 0 Å². The van der Waals surface area contributed by atoms with Crippen molar-refractivity contribution < 1.29 is 47.8 Å². The Kier molecular flexibility index (Phi) is 30.6. The number of carbonyl (C=O) groups is 2. The summed E-state index contributed by atoms with van der Waals surface area (Å²) in [6, 6.07) is 0. The second kappa shape index (κ2) is 32.2. The third-order valence-corrected chi connectivity index (χ3v) is 7.68. The molecule has 47 heavy (non-hydrogen) atoms. The van der Waals surface area contributed by atoms with Crippen LogP contribution < -0.4 is 0 Å². The lowest BCUT2D eigenvalue weighted by atomic mass is 10.1. The van der Waals surface area contributed by atoms with Crippen molar-refractivity contribution in [3.63, 3.8) is 0 Å². The molecule has 0 aliphatic heterocycles. The first-order valence-corrected chi connectivity index (χ1v) is 18.7. The summed E-state index contributed by atoms with van der Waals surface area (Å²) < 4.78 is 32.2. The van der Waals surface area contributed by atoms with Crippen LogP contribution in [-0.4, -0.2) is 65.7 Å². The molecule has 0 aromatic carbocycles. The normalized spacial score (nSPS) is 14.9. The standard InChI is InChI=1S/C36H61O10P/c1-3-5-7-9-11-13-15-16-18-20-22-24-26-28-36(40)46-34(30-38)32-44-47(41,42)43-31-33(29-37)45-35(39)27-25-23-21-19-17-14-12-10-8-6-4-2/h5,7,10-13,16,18,22,24,33-34,37-38H,3-4,6,8-9,14-15,17,19-21,23,25-32H2,1-2H3,(H,41,42)/b7-5-,12-10-,13-11-,18-16-,24-22-. The third kappa shape index (κ3) is 30.7. The van der Waals surface area contributed by atoms with Crippen LogP contribution in [0, 0.1) is 0 Å². The van der Waals surface area contributed by atoms with Gasteiger partial charge < -0.3 is 24.6 Å². The van der Waals surface area contributed by atoms with Crippen molar-refractivity contribution in [3.05, 3.63) is 60.8 Å². The maximum Gasteiger partial charge on any atom is 0.472 e. The average Bonchev–Trinajstić information content (AvgIpc) is 3.05. The number of unbranched alkanes of at least 4 members (excludes halogenated alkanes) is 7. The van der Waals surface area contributed by atoms with Crippen molar-refractivity contribution in [2.75, 3.05) is 26.4 Å². The van der Waals surface area contributed by atoms with Crippen molar-refractivity contribution in [2.24, 2.45) is 0 Å². The number of phosphoric ester groups is 1. The fourth-order valence-corrected chi connectivity index (χ4v) is 4.83. The van der Waals surface area contributed by atoms with Gasteiger partial charge in [-0.25, -0.2) is 4.57 Å². The number of aliphatic hydroxyl groups excluding tert-OH is 2. The van der Waals surface area contributed by atoms with E-state index < -0.39 is 58.4 Å². The van der Waals surface area contributed by atoms with Crippen LogP contribution in [0.25, 0.3) is 0 Å². The SMILES string of the molecule is CC/C=C\C/C=C\C/C=C\C/C=C\CCC(=O)OC(CO)COP(=O)(O)OCC(CO)OC(=O)CCCCCCC/C=C\CCCC. The number of hydrogen-bond donors (Lipinski definition) is 3. The van der Waals surface area contributed by atoms with E-state index in [2.05, 4.69) is 56.4 Å². The van der Waals surface area contributed by atoms with Gasteiger partial charge in [0.25, 0.3) is 0 Å². The summed E-state index contributed by atoms with van der Waals surface area (Å²) in [4.78, 5) is 34.2. The second-order valence-electron chi connectivity index (χ2n) is 11.1. The molecule has 270 valence electrons. The summed E-state index contributed by atoms with van der Waals surface area (Å²) in [6.07, 6.45) is 32.3. The van der Waals surface area contributed by atoms with E-state index in [0.717, 1.165) is 64.2 Å². The number of allylic oxidation sites excluding steroid dienone is 10. The minimum Gasteiger partial charge on any atom is -0.457 e. The number of aliphatic hydroxyl groups is 2. The van der Waals surface area contributed by atoms with Gasteiger partial charge in [0.05, 0.1) is 26.4 Å². The monoisotopic (exact) mass is 684 g/mol. The maximum atomic E-state index is 12.3. The molecule has 0 radical (unpaired) electrons. The van der Waals surface area contributed by atoms with Crippen molar-refractivity contribution in [3.8, 4) is 0 Å². The molecule has 0 aliphatic rings. The zero-order chi connectivity index (χ0) is 34.9. The Morgan fingerprint density at radius 2 is 1.04 bits per heavy atom. The number of ether oxygens (including phenoxy) is 2. The Balaban J connectivity index is 4.15. The fourth-order valence-electron chi connectivity index (χ4n) is 4.05. The molecule has 0 saturated heterocycles. The highest BCUT2D eigenvalue weighted by Crippen LogP contribution is 2.43. The van der Waals surface area contributed by atoms with Crippen LogP contribution in [0.5, 0.6) is 0 Å². The topological polar surface area (TPSA) is 149 Å². The molecule has 0 amide bonds. The molecule has 0 aromatic rings. The van der Waals surface area contributed by atoms with Crippen molar-refractivity contribution >= 4 is 19.8 Å². The molecule has 3 atom stereocenters. The Morgan fingerprint density at radius 3 is 1.57 bits per heavy atom. The number of hydrogen-bond acceptors (Lipinski definition) is 9. The van der Waals surface area contributed by atoms with Crippen LogP contribution >= 0.6 is 7.82 Å². The minimum atomic E-state index is -4.65. The third-order valence-electron chi connectivity index (χ3n) is 6.73. The van der Waals surface area contributed by atoms with Gasteiger partial charge in [0, 0.05) is 12.8 Å². The van der Waals surface area contributed by atoms with Crippen LogP contribution in [0.15, 0.2) is 60.8 Å². The summed E-state index contributed by atoms with van der Waals surface area (Å²) in [5.41, 5.74) is 0. The summed E-state index contributed by atoms with van der Waals surface area (Å²) >= 11 is 0. The molecule has 11 heteroatoms. The number of esters is 2. The molecule has 0 aliphatic carbocycles. The molecule has 0 heterocycles. The Labute approximate surface area is 283 Å². The Hall–Kier alpha value is -2.33. The molecule has 10 nitrogen and oxygen atoms in total. The largest absolute Gasteiger partial charge is 0.472 e. The molecule has 0 fully saturated rings. The quantitative estimate of drug-likeness (QED) is 0.0284. The smallest absolute Gasteiger partial charge is 0.457 e. The molecule has 0 rings (SSSR count). The first-order valence-electron chi connectivity index (χ1n) is 17.2. The zero-order valence-electron chi connectivity index (χ0n) is 28.7. The van der Waals surface area contributed by atoms with E-state index in [1.807, 2.05) is 18.2 Å². The van der Waals surface area contributed by atoms with Crippen LogP contribution in [-0.2, 0) is 32.7 Å². The van der Waals surface area contributed by atoms with E-state index in [4.69, 9.17) is 18.5 Å². The van der Waals surface area contributed by atoms with Gasteiger partial charge in [-0.05, 0) is 57.8 Å². The molecule has 0 spiro atoms. The summed E-state index contributed by atoms with van der Waals surface area (Å²) in [7, 11) is -4.65. The number of phosphoric acid groups is 1. The van der Waals surface area contributed by atoms with Crippen LogP contribution in [0.2, 0.25) is 0 Å². The van der Waals surface area contributed by atoms with Crippen molar-refractivity contribution in [1.29, 1.82) is 0 Å². The predicted molar refractivity (Wildman–Crippen MR) is 187 cm³/mol. The lowest BCUT2D eigenvalue weighted by Gasteiger charge is -2.20. The number of carbonyl (C=O) groups excluding carboxylic acids is 2. The molecule has 3 unspecified atom stereocenters. The molecular weight excluding hydrogens is 623 g/mol. The van der Waals surface area contributed by atoms with Gasteiger partial charge in [0.1, 0.15) is 12.2 Å². The van der Waals surface area contributed by atoms with Crippen molar-refractivity contribution in [2.45, 2.75) is 129 Å². The van der Waals surface area contributed by atoms with E-state index in [-0.39, 0.29) is 12.8 Å². The molecule has 3 N–H and O–H groups in total. The van der Waals surface area contributed by atoms with Crippen LogP contribution in [0.1, 0.15) is 117 Å². The van der Waals surface area contributed by atoms with E-state index in [1.54, 1.807) is 0 Å². The van der Waals surface area contributed by atoms with Gasteiger partial charge in [-0.3, -0.25) is 18.6 Å². The van der Waals surface area contributed by atoms with E-state index in [1.165, 1.54) is 12.8 Å². The zero-order valence-corrected chi connectivity index (χ0v) is 29.6. The Morgan fingerprint density at radius 1 is 0.596 bits per heavy atom. The lowest BCUT2D eigenvalue weighted by Crippen LogP contribution is -2.28. The van der Waals surface area contributed by atoms with Crippen LogP contribution in [0.3, 0.4) is 0 Å². The minimum absolute atomic E-state index is 0.0678. The molecule has 0 saturated carbocycles. The number of rotatable bonds is 31. The average molecular weight is 685 g/mol. The van der Waals surface area contributed by atoms with E-state index in [0.29, 0.717) is 12.8 Å². The highest BCUT2D eigenvalue weighted by Gasteiger charge is 2.27. The van der Waals surface area contributed by atoms with Gasteiger partial charge in [0.2, 0.25) is 0 Å². The van der Waals surface area contributed by atoms with Crippen LogP contribution in [0.4, 0.5) is 0 Å². The van der Waals surface area contributed by atoms with Gasteiger partial charge in [-0.2, -0.15) is 0 Å². The Bertz CT molecular complexity index is 973. The highest BCUT2D eigenvalue weighted by molar-refractivity contribution is 7.47. The first-order chi connectivity index (χ1) is 22.8. The highest BCUT2D eigenvalue weighted by atomic mass is 31.2. The lowest BCUT2D eigenvalue weighted by molar-refractivity contribution is -0.153. The summed E-state index contributed by atoms with van der Waals surface area (Å²) in [5.74, 6) is -1.12. The van der Waals surface area contributed by atoms with Crippen molar-refractivity contribution in [1.82, 2.24) is 0 Å². The fraction of sp³-hybridized carbons (Fsp3) is 0.667. The van der Waals surface area contributed by atoms with E-state index >= 15 is 0 Å². The second-order valence-corrected chi connectivity index (χ2v) is 12.6. The maximum absolute atomic E-state index is 12.3. The first kappa shape index (κ1) is 44.7. The summed E-state index contributed by atoms with van der Waals surface area (Å²) in [6.45, 7) is 1.91.